The predicted molar refractivity (Wildman–Crippen MR) is 56.2 cm³/mol. The van der Waals surface area contributed by atoms with Gasteiger partial charge in [-0.25, -0.2) is 9.37 Å². The van der Waals surface area contributed by atoms with Gasteiger partial charge in [-0.2, -0.15) is 5.10 Å². The fraction of sp³-hybridized carbons (Fsp3) is 0.200. The summed E-state index contributed by atoms with van der Waals surface area (Å²) in [4.78, 5) is 4.11. The zero-order valence-corrected chi connectivity index (χ0v) is 8.70. The van der Waals surface area contributed by atoms with Crippen molar-refractivity contribution in [1.29, 1.82) is 0 Å². The molecule has 0 saturated heterocycles. The second kappa shape index (κ2) is 4.28. The van der Waals surface area contributed by atoms with Gasteiger partial charge in [-0.05, 0) is 18.2 Å². The molecule has 0 aliphatic rings. The van der Waals surface area contributed by atoms with Crippen molar-refractivity contribution in [2.24, 2.45) is 5.73 Å². The number of hydrogen-bond donors (Lipinski definition) is 2. The number of methoxy groups -OCH3 is 1. The number of rotatable bonds is 3. The minimum Gasteiger partial charge on any atom is -0.496 e. The van der Waals surface area contributed by atoms with Crippen molar-refractivity contribution >= 4 is 0 Å². The normalized spacial score (nSPS) is 10.4. The zero-order valence-electron chi connectivity index (χ0n) is 8.70. The molecular formula is C10H11FN4O. The number of aromatic nitrogens is 3. The van der Waals surface area contributed by atoms with Gasteiger partial charge in [-0.1, -0.05) is 0 Å². The molecule has 0 amide bonds. The number of nitrogens with two attached hydrogens (primary N) is 1. The van der Waals surface area contributed by atoms with E-state index in [1.165, 1.54) is 25.3 Å². The summed E-state index contributed by atoms with van der Waals surface area (Å²) < 4.78 is 18.2. The molecule has 0 aliphatic carbocycles. The van der Waals surface area contributed by atoms with E-state index in [0.717, 1.165) is 0 Å². The summed E-state index contributed by atoms with van der Waals surface area (Å²) in [6, 6.07) is 4.19. The van der Waals surface area contributed by atoms with E-state index in [9.17, 15) is 4.39 Å². The van der Waals surface area contributed by atoms with Crippen molar-refractivity contribution in [3.05, 3.63) is 29.8 Å². The fourth-order valence-electron chi connectivity index (χ4n) is 1.37. The Hall–Kier alpha value is -1.95. The molecule has 0 spiro atoms. The number of H-pyrrole nitrogens is 1. The van der Waals surface area contributed by atoms with E-state index in [2.05, 4.69) is 15.2 Å². The Labute approximate surface area is 91.5 Å². The Bertz CT molecular complexity index is 497. The number of nitrogens with zero attached hydrogens (tertiary/aromatic N) is 2. The summed E-state index contributed by atoms with van der Waals surface area (Å²) >= 11 is 0. The van der Waals surface area contributed by atoms with Crippen LogP contribution < -0.4 is 10.5 Å². The standard InChI is InChI=1S/C10H11FN4O/c1-16-8-3-2-6(11)4-7(8)10-13-9(5-12)14-15-10/h2-4H,5,12H2,1H3,(H,13,14,15). The van der Waals surface area contributed by atoms with Crippen LogP contribution in [0.4, 0.5) is 4.39 Å². The maximum atomic E-state index is 13.1. The number of benzene rings is 1. The average Bonchev–Trinajstić information content (AvgIpc) is 2.77. The largest absolute Gasteiger partial charge is 0.496 e. The lowest BCUT2D eigenvalue weighted by Crippen LogP contribution is -1.98. The number of ether oxygens (including phenoxy) is 1. The van der Waals surface area contributed by atoms with E-state index in [1.54, 1.807) is 0 Å². The van der Waals surface area contributed by atoms with Gasteiger partial charge in [0.25, 0.3) is 0 Å². The highest BCUT2D eigenvalue weighted by Crippen LogP contribution is 2.27. The molecule has 1 heterocycles. The summed E-state index contributed by atoms with van der Waals surface area (Å²) in [7, 11) is 1.51. The summed E-state index contributed by atoms with van der Waals surface area (Å²) in [5, 5.41) is 6.56. The number of hydrogen-bond acceptors (Lipinski definition) is 4. The maximum Gasteiger partial charge on any atom is 0.164 e. The first kappa shape index (κ1) is 10.6. The Morgan fingerprint density at radius 2 is 2.31 bits per heavy atom. The minimum atomic E-state index is -0.360. The molecule has 1 aromatic heterocycles. The van der Waals surface area contributed by atoms with Gasteiger partial charge in [0.15, 0.2) is 11.6 Å². The summed E-state index contributed by atoms with van der Waals surface area (Å²) in [5.41, 5.74) is 5.91. The third kappa shape index (κ3) is 1.87. The first-order valence-electron chi connectivity index (χ1n) is 4.70. The molecule has 0 atom stereocenters. The van der Waals surface area contributed by atoms with Crippen molar-refractivity contribution in [3.63, 3.8) is 0 Å². The van der Waals surface area contributed by atoms with Crippen molar-refractivity contribution in [3.8, 4) is 17.1 Å². The SMILES string of the molecule is COc1ccc(F)cc1-c1nc(CN)n[nH]1. The van der Waals surface area contributed by atoms with Crippen LogP contribution in [0, 0.1) is 5.82 Å². The lowest BCUT2D eigenvalue weighted by molar-refractivity contribution is 0.415. The predicted octanol–water partition coefficient (Wildman–Crippen LogP) is 1.08. The molecule has 0 saturated carbocycles. The molecule has 0 bridgehead atoms. The smallest absolute Gasteiger partial charge is 0.164 e. The van der Waals surface area contributed by atoms with Crippen molar-refractivity contribution in [2.75, 3.05) is 7.11 Å². The first-order chi connectivity index (χ1) is 7.74. The molecule has 1 aromatic carbocycles. The molecule has 0 radical (unpaired) electrons. The Morgan fingerprint density at radius 3 is 2.94 bits per heavy atom. The van der Waals surface area contributed by atoms with Crippen LogP contribution in [-0.2, 0) is 6.54 Å². The number of nitrogens with one attached hydrogen (secondary N) is 1. The molecule has 0 unspecified atom stereocenters. The van der Waals surface area contributed by atoms with Crippen LogP contribution in [0.3, 0.4) is 0 Å². The third-order valence-corrected chi connectivity index (χ3v) is 2.13. The van der Waals surface area contributed by atoms with Crippen LogP contribution in [0.1, 0.15) is 5.82 Å². The lowest BCUT2D eigenvalue weighted by atomic mass is 10.2. The van der Waals surface area contributed by atoms with Crippen LogP contribution in [-0.4, -0.2) is 22.3 Å². The van der Waals surface area contributed by atoms with Crippen LogP contribution >= 0.6 is 0 Å². The van der Waals surface area contributed by atoms with E-state index in [4.69, 9.17) is 10.5 Å². The summed E-state index contributed by atoms with van der Waals surface area (Å²) in [5.74, 6) is 1.08. The third-order valence-electron chi connectivity index (χ3n) is 2.13. The van der Waals surface area contributed by atoms with Gasteiger partial charge in [0.2, 0.25) is 0 Å². The molecule has 6 heteroatoms. The van der Waals surface area contributed by atoms with Crippen molar-refractivity contribution in [1.82, 2.24) is 15.2 Å². The topological polar surface area (TPSA) is 76.8 Å². The van der Waals surface area contributed by atoms with E-state index in [1.807, 2.05) is 0 Å². The van der Waals surface area contributed by atoms with Gasteiger partial charge in [0.05, 0.1) is 19.2 Å². The number of halogens is 1. The zero-order chi connectivity index (χ0) is 11.5. The van der Waals surface area contributed by atoms with Crippen LogP contribution in [0.5, 0.6) is 5.75 Å². The van der Waals surface area contributed by atoms with Gasteiger partial charge >= 0.3 is 0 Å². The Morgan fingerprint density at radius 1 is 1.50 bits per heavy atom. The van der Waals surface area contributed by atoms with Gasteiger partial charge < -0.3 is 10.5 Å². The van der Waals surface area contributed by atoms with Crippen LogP contribution in [0.25, 0.3) is 11.4 Å². The molecule has 0 aliphatic heterocycles. The van der Waals surface area contributed by atoms with Crippen LogP contribution in [0.2, 0.25) is 0 Å². The van der Waals surface area contributed by atoms with E-state index in [0.29, 0.717) is 23.0 Å². The second-order valence-corrected chi connectivity index (χ2v) is 3.15. The fourth-order valence-corrected chi connectivity index (χ4v) is 1.37. The second-order valence-electron chi connectivity index (χ2n) is 3.15. The highest BCUT2D eigenvalue weighted by Gasteiger charge is 2.11. The van der Waals surface area contributed by atoms with E-state index < -0.39 is 0 Å². The molecule has 3 N–H and O–H groups in total. The van der Waals surface area contributed by atoms with Gasteiger partial charge in [-0.3, -0.25) is 5.10 Å². The molecule has 16 heavy (non-hydrogen) atoms. The quantitative estimate of drug-likeness (QED) is 0.814. The molecule has 2 aromatic rings. The van der Waals surface area contributed by atoms with Crippen molar-refractivity contribution < 1.29 is 9.13 Å². The average molecular weight is 222 g/mol. The molecular weight excluding hydrogens is 211 g/mol. The van der Waals surface area contributed by atoms with E-state index in [-0.39, 0.29) is 12.4 Å². The summed E-state index contributed by atoms with van der Waals surface area (Å²) in [6.07, 6.45) is 0. The highest BCUT2D eigenvalue weighted by molar-refractivity contribution is 5.63. The highest BCUT2D eigenvalue weighted by atomic mass is 19.1. The van der Waals surface area contributed by atoms with Gasteiger partial charge in [-0.15, -0.1) is 0 Å². The van der Waals surface area contributed by atoms with Crippen molar-refractivity contribution in [2.45, 2.75) is 6.54 Å². The number of aromatic amines is 1. The maximum absolute atomic E-state index is 13.1. The lowest BCUT2D eigenvalue weighted by Gasteiger charge is -2.05. The van der Waals surface area contributed by atoms with E-state index >= 15 is 0 Å². The molecule has 5 nitrogen and oxygen atoms in total. The molecule has 84 valence electrons. The first-order valence-corrected chi connectivity index (χ1v) is 4.70. The molecule has 2 rings (SSSR count). The monoisotopic (exact) mass is 222 g/mol. The Kier molecular flexibility index (Phi) is 2.82. The molecule has 0 fully saturated rings. The van der Waals surface area contributed by atoms with Gasteiger partial charge in [0, 0.05) is 0 Å². The Balaban J connectivity index is 2.49. The summed E-state index contributed by atoms with van der Waals surface area (Å²) in [6.45, 7) is 0.230. The minimum absolute atomic E-state index is 0.230. The van der Waals surface area contributed by atoms with Crippen LogP contribution in [0.15, 0.2) is 18.2 Å². The van der Waals surface area contributed by atoms with Gasteiger partial charge in [0.1, 0.15) is 11.6 Å².